The first-order valence-electron chi connectivity index (χ1n) is 6.41. The molecule has 0 bridgehead atoms. The number of carbonyl (C=O) groups is 2. The van der Waals surface area contributed by atoms with Crippen LogP contribution < -0.4 is 5.32 Å². The third-order valence-electron chi connectivity index (χ3n) is 2.89. The number of carbonyl (C=O) groups excluding carboxylic acids is 1. The predicted octanol–water partition coefficient (Wildman–Crippen LogP) is 4.06. The number of nitrogens with one attached hydrogen (secondary N) is 1. The van der Waals surface area contributed by atoms with Crippen LogP contribution in [0.3, 0.4) is 0 Å². The molecule has 0 atom stereocenters. The Morgan fingerprint density at radius 1 is 1.29 bits per heavy atom. The van der Waals surface area contributed by atoms with Crippen LogP contribution in [0.2, 0.25) is 5.02 Å². The summed E-state index contributed by atoms with van der Waals surface area (Å²) in [5.74, 6) is -1.31. The summed E-state index contributed by atoms with van der Waals surface area (Å²) in [6, 6.07) is 8.32. The van der Waals surface area contributed by atoms with Gasteiger partial charge in [0, 0.05) is 16.3 Å². The van der Waals surface area contributed by atoms with Crippen LogP contribution in [0.25, 0.3) is 0 Å². The first-order chi connectivity index (χ1) is 10.1. The minimum Gasteiger partial charge on any atom is -0.478 e. The second-order valence-corrected chi connectivity index (χ2v) is 5.94. The van der Waals surface area contributed by atoms with Gasteiger partial charge in [-0.05, 0) is 42.5 Å². The molecule has 0 aliphatic rings. The SMILES string of the molecule is O=C(CCCc1cccs1)Nc1cc(Cl)ccc1C(=O)O. The Hall–Kier alpha value is -1.85. The molecular formula is C15H14ClNO3S. The zero-order chi connectivity index (χ0) is 15.2. The molecule has 0 saturated heterocycles. The number of carboxylic acids is 1. The molecule has 0 aliphatic heterocycles. The summed E-state index contributed by atoms with van der Waals surface area (Å²) in [5.41, 5.74) is 0.266. The third-order valence-corrected chi connectivity index (χ3v) is 4.06. The number of aromatic carboxylic acids is 1. The molecule has 1 aromatic heterocycles. The molecule has 2 aromatic rings. The number of hydrogen-bond donors (Lipinski definition) is 2. The first kappa shape index (κ1) is 15.5. The number of carboxylic acid groups (broad SMARTS) is 1. The molecule has 0 spiro atoms. The maximum atomic E-state index is 11.9. The Bertz CT molecular complexity index is 640. The van der Waals surface area contributed by atoms with Gasteiger partial charge in [0.1, 0.15) is 0 Å². The van der Waals surface area contributed by atoms with Crippen molar-refractivity contribution in [2.24, 2.45) is 0 Å². The van der Waals surface area contributed by atoms with E-state index in [9.17, 15) is 9.59 Å². The van der Waals surface area contributed by atoms with Crippen molar-refractivity contribution in [2.45, 2.75) is 19.3 Å². The normalized spacial score (nSPS) is 10.3. The van der Waals surface area contributed by atoms with Gasteiger partial charge < -0.3 is 10.4 Å². The van der Waals surface area contributed by atoms with E-state index in [0.717, 1.165) is 12.8 Å². The van der Waals surface area contributed by atoms with Gasteiger partial charge in [0.15, 0.2) is 0 Å². The summed E-state index contributed by atoms with van der Waals surface area (Å²) in [4.78, 5) is 24.2. The average Bonchev–Trinajstić information content (AvgIpc) is 2.91. The standard InChI is InChI=1S/C15H14ClNO3S/c16-10-6-7-12(15(19)20)13(9-10)17-14(18)5-1-3-11-4-2-8-21-11/h2,4,6-9H,1,3,5H2,(H,17,18)(H,19,20). The highest BCUT2D eigenvalue weighted by Gasteiger charge is 2.13. The van der Waals surface area contributed by atoms with Crippen molar-refractivity contribution < 1.29 is 14.7 Å². The van der Waals surface area contributed by atoms with E-state index in [1.807, 2.05) is 17.5 Å². The highest BCUT2D eigenvalue weighted by Crippen LogP contribution is 2.21. The van der Waals surface area contributed by atoms with Crippen molar-refractivity contribution in [3.8, 4) is 0 Å². The third kappa shape index (κ3) is 4.58. The Labute approximate surface area is 131 Å². The molecule has 0 unspecified atom stereocenters. The van der Waals surface area contributed by atoms with Crippen LogP contribution in [0.1, 0.15) is 28.1 Å². The number of halogens is 1. The topological polar surface area (TPSA) is 66.4 Å². The van der Waals surface area contributed by atoms with E-state index in [0.29, 0.717) is 11.4 Å². The van der Waals surface area contributed by atoms with Crippen LogP contribution in [-0.4, -0.2) is 17.0 Å². The van der Waals surface area contributed by atoms with Gasteiger partial charge in [-0.1, -0.05) is 17.7 Å². The molecule has 0 radical (unpaired) electrons. The molecule has 110 valence electrons. The molecule has 1 heterocycles. The molecule has 21 heavy (non-hydrogen) atoms. The van der Waals surface area contributed by atoms with Gasteiger partial charge in [0.25, 0.3) is 0 Å². The molecule has 4 nitrogen and oxygen atoms in total. The summed E-state index contributed by atoms with van der Waals surface area (Å²) in [6.45, 7) is 0. The van der Waals surface area contributed by atoms with E-state index in [-0.39, 0.29) is 17.2 Å². The second kappa shape index (κ2) is 7.24. The van der Waals surface area contributed by atoms with E-state index in [2.05, 4.69) is 5.32 Å². The largest absolute Gasteiger partial charge is 0.478 e. The minimum atomic E-state index is -1.10. The molecule has 2 N–H and O–H groups in total. The van der Waals surface area contributed by atoms with Crippen LogP contribution in [0, 0.1) is 0 Å². The number of hydrogen-bond acceptors (Lipinski definition) is 3. The fourth-order valence-corrected chi connectivity index (χ4v) is 2.82. The van der Waals surface area contributed by atoms with Crippen molar-refractivity contribution in [1.29, 1.82) is 0 Å². The van der Waals surface area contributed by atoms with Gasteiger partial charge in [-0.3, -0.25) is 4.79 Å². The fourth-order valence-electron chi connectivity index (χ4n) is 1.90. The van der Waals surface area contributed by atoms with Crippen molar-refractivity contribution >= 4 is 40.5 Å². The Morgan fingerprint density at radius 2 is 2.10 bits per heavy atom. The zero-order valence-electron chi connectivity index (χ0n) is 11.1. The fraction of sp³-hybridized carbons (Fsp3) is 0.200. The van der Waals surface area contributed by atoms with Crippen molar-refractivity contribution in [3.63, 3.8) is 0 Å². The summed E-state index contributed by atoms with van der Waals surface area (Å²) in [6.07, 6.45) is 1.89. The van der Waals surface area contributed by atoms with E-state index in [1.165, 1.54) is 23.1 Å². The van der Waals surface area contributed by atoms with E-state index in [1.54, 1.807) is 11.3 Å². The van der Waals surface area contributed by atoms with Crippen LogP contribution in [0.5, 0.6) is 0 Å². The number of benzene rings is 1. The monoisotopic (exact) mass is 323 g/mol. The molecule has 0 aliphatic carbocycles. The smallest absolute Gasteiger partial charge is 0.337 e. The van der Waals surface area contributed by atoms with Gasteiger partial charge in [-0.15, -0.1) is 11.3 Å². The van der Waals surface area contributed by atoms with E-state index in [4.69, 9.17) is 16.7 Å². The quantitative estimate of drug-likeness (QED) is 0.842. The minimum absolute atomic E-state index is 0.0333. The number of anilines is 1. The number of rotatable bonds is 6. The van der Waals surface area contributed by atoms with Gasteiger partial charge >= 0.3 is 5.97 Å². The number of amides is 1. The summed E-state index contributed by atoms with van der Waals surface area (Å²) < 4.78 is 0. The van der Waals surface area contributed by atoms with Gasteiger partial charge in [0.2, 0.25) is 5.91 Å². The lowest BCUT2D eigenvalue weighted by atomic mass is 10.1. The number of thiophene rings is 1. The highest BCUT2D eigenvalue weighted by atomic mass is 35.5. The lowest BCUT2D eigenvalue weighted by Gasteiger charge is -2.08. The first-order valence-corrected chi connectivity index (χ1v) is 7.67. The lowest BCUT2D eigenvalue weighted by molar-refractivity contribution is -0.116. The molecular weight excluding hydrogens is 310 g/mol. The maximum absolute atomic E-state index is 11.9. The highest BCUT2D eigenvalue weighted by molar-refractivity contribution is 7.09. The number of aryl methyl sites for hydroxylation is 1. The lowest BCUT2D eigenvalue weighted by Crippen LogP contribution is -2.14. The Balaban J connectivity index is 1.93. The van der Waals surface area contributed by atoms with Crippen molar-refractivity contribution in [2.75, 3.05) is 5.32 Å². The van der Waals surface area contributed by atoms with Crippen LogP contribution >= 0.6 is 22.9 Å². The maximum Gasteiger partial charge on any atom is 0.337 e. The zero-order valence-corrected chi connectivity index (χ0v) is 12.7. The Kier molecular flexibility index (Phi) is 5.36. The van der Waals surface area contributed by atoms with Gasteiger partial charge in [0.05, 0.1) is 11.3 Å². The van der Waals surface area contributed by atoms with E-state index >= 15 is 0 Å². The van der Waals surface area contributed by atoms with Crippen LogP contribution in [-0.2, 0) is 11.2 Å². The summed E-state index contributed by atoms with van der Waals surface area (Å²) in [5, 5.41) is 14.1. The van der Waals surface area contributed by atoms with Crippen LogP contribution in [0.4, 0.5) is 5.69 Å². The van der Waals surface area contributed by atoms with Gasteiger partial charge in [-0.25, -0.2) is 4.79 Å². The molecule has 2 rings (SSSR count). The molecule has 6 heteroatoms. The van der Waals surface area contributed by atoms with E-state index < -0.39 is 5.97 Å². The molecule has 0 fully saturated rings. The molecule has 1 aromatic carbocycles. The van der Waals surface area contributed by atoms with Crippen LogP contribution in [0.15, 0.2) is 35.7 Å². The summed E-state index contributed by atoms with van der Waals surface area (Å²) >= 11 is 7.49. The molecule has 0 saturated carbocycles. The molecule has 1 amide bonds. The summed E-state index contributed by atoms with van der Waals surface area (Å²) in [7, 11) is 0. The average molecular weight is 324 g/mol. The predicted molar refractivity (Wildman–Crippen MR) is 84.3 cm³/mol. The van der Waals surface area contributed by atoms with Gasteiger partial charge in [-0.2, -0.15) is 0 Å². The Morgan fingerprint density at radius 3 is 2.76 bits per heavy atom. The van der Waals surface area contributed by atoms with Crippen molar-refractivity contribution in [3.05, 3.63) is 51.2 Å². The second-order valence-electron chi connectivity index (χ2n) is 4.48. The van der Waals surface area contributed by atoms with Crippen molar-refractivity contribution in [1.82, 2.24) is 0 Å².